The Bertz CT molecular complexity index is 592. The molecule has 2 N–H and O–H groups in total. The minimum Gasteiger partial charge on any atom is -0.395 e. The van der Waals surface area contributed by atoms with Gasteiger partial charge in [0, 0.05) is 27.6 Å². The van der Waals surface area contributed by atoms with Crippen molar-refractivity contribution in [1.82, 2.24) is 5.32 Å². The SMILES string of the molecule is O=C(/C=C/c1sc2ccccc2c1Cl)NCCO. The fourth-order valence-corrected chi connectivity index (χ4v) is 2.93. The van der Waals surface area contributed by atoms with Crippen LogP contribution in [0.3, 0.4) is 0 Å². The fraction of sp³-hybridized carbons (Fsp3) is 0.154. The van der Waals surface area contributed by atoms with Crippen LogP contribution in [0.25, 0.3) is 16.2 Å². The highest BCUT2D eigenvalue weighted by molar-refractivity contribution is 7.20. The van der Waals surface area contributed by atoms with E-state index in [1.807, 2.05) is 24.3 Å². The van der Waals surface area contributed by atoms with Crippen LogP contribution in [0.5, 0.6) is 0 Å². The maximum atomic E-state index is 11.4. The maximum Gasteiger partial charge on any atom is 0.244 e. The lowest BCUT2D eigenvalue weighted by molar-refractivity contribution is -0.116. The summed E-state index contributed by atoms with van der Waals surface area (Å²) in [6.45, 7) is 0.187. The van der Waals surface area contributed by atoms with E-state index in [4.69, 9.17) is 16.7 Å². The molecular weight excluding hydrogens is 270 g/mol. The standard InChI is InChI=1S/C13H12ClNO2S/c14-13-9-3-1-2-4-10(9)18-11(13)5-6-12(17)15-7-8-16/h1-6,16H,7-8H2,(H,15,17)/b6-5+. The van der Waals surface area contributed by atoms with Gasteiger partial charge in [-0.3, -0.25) is 4.79 Å². The van der Waals surface area contributed by atoms with Gasteiger partial charge < -0.3 is 10.4 Å². The Morgan fingerprint density at radius 1 is 1.44 bits per heavy atom. The molecule has 1 aromatic heterocycles. The van der Waals surface area contributed by atoms with Gasteiger partial charge in [-0.1, -0.05) is 29.8 Å². The highest BCUT2D eigenvalue weighted by Crippen LogP contribution is 2.35. The van der Waals surface area contributed by atoms with Crippen LogP contribution in [0.2, 0.25) is 5.02 Å². The number of carbonyl (C=O) groups excluding carboxylic acids is 1. The molecule has 18 heavy (non-hydrogen) atoms. The number of aliphatic hydroxyl groups is 1. The van der Waals surface area contributed by atoms with E-state index in [9.17, 15) is 4.79 Å². The van der Waals surface area contributed by atoms with Crippen LogP contribution in [0.4, 0.5) is 0 Å². The van der Waals surface area contributed by atoms with E-state index in [1.165, 1.54) is 6.08 Å². The van der Waals surface area contributed by atoms with Crippen molar-refractivity contribution in [1.29, 1.82) is 0 Å². The molecule has 5 heteroatoms. The van der Waals surface area contributed by atoms with Gasteiger partial charge in [-0.15, -0.1) is 11.3 Å². The second-order valence-corrected chi connectivity index (χ2v) is 5.09. The third kappa shape index (κ3) is 2.90. The second kappa shape index (κ2) is 6.00. The van der Waals surface area contributed by atoms with Crippen LogP contribution in [0, 0.1) is 0 Å². The van der Waals surface area contributed by atoms with Gasteiger partial charge in [0.2, 0.25) is 5.91 Å². The first-order valence-corrected chi connectivity index (χ1v) is 6.65. The summed E-state index contributed by atoms with van der Waals surface area (Å²) >= 11 is 7.77. The van der Waals surface area contributed by atoms with Crippen molar-refractivity contribution in [3.05, 3.63) is 40.2 Å². The van der Waals surface area contributed by atoms with Gasteiger partial charge in [0.15, 0.2) is 0 Å². The van der Waals surface area contributed by atoms with Crippen molar-refractivity contribution < 1.29 is 9.90 Å². The molecule has 0 radical (unpaired) electrons. The number of halogens is 1. The number of fused-ring (bicyclic) bond motifs is 1. The van der Waals surface area contributed by atoms with Crippen molar-refractivity contribution in [2.24, 2.45) is 0 Å². The molecule has 1 amide bonds. The Hall–Kier alpha value is -1.36. The van der Waals surface area contributed by atoms with Gasteiger partial charge in [-0.2, -0.15) is 0 Å². The Morgan fingerprint density at radius 3 is 2.94 bits per heavy atom. The minimum atomic E-state index is -0.238. The fourth-order valence-electron chi connectivity index (χ4n) is 1.53. The van der Waals surface area contributed by atoms with E-state index >= 15 is 0 Å². The maximum absolute atomic E-state index is 11.4. The average Bonchev–Trinajstić information content (AvgIpc) is 2.71. The van der Waals surface area contributed by atoms with E-state index < -0.39 is 0 Å². The summed E-state index contributed by atoms with van der Waals surface area (Å²) in [6.07, 6.45) is 3.12. The lowest BCUT2D eigenvalue weighted by Crippen LogP contribution is -2.24. The van der Waals surface area contributed by atoms with Gasteiger partial charge in [0.1, 0.15) is 0 Å². The normalized spacial score (nSPS) is 11.2. The van der Waals surface area contributed by atoms with Gasteiger partial charge >= 0.3 is 0 Å². The Kier molecular flexibility index (Phi) is 4.36. The Morgan fingerprint density at radius 2 is 2.22 bits per heavy atom. The van der Waals surface area contributed by atoms with Gasteiger partial charge in [-0.25, -0.2) is 0 Å². The number of nitrogens with one attached hydrogen (secondary N) is 1. The van der Waals surface area contributed by atoms with Crippen LogP contribution in [-0.2, 0) is 4.79 Å². The molecule has 0 saturated carbocycles. The molecule has 94 valence electrons. The Balaban J connectivity index is 2.19. The molecule has 0 aliphatic heterocycles. The largest absolute Gasteiger partial charge is 0.395 e. The molecular formula is C13H12ClNO2S. The second-order valence-electron chi connectivity index (χ2n) is 3.62. The third-order valence-electron chi connectivity index (χ3n) is 2.36. The van der Waals surface area contributed by atoms with E-state index in [2.05, 4.69) is 5.32 Å². The lowest BCUT2D eigenvalue weighted by atomic mass is 10.2. The zero-order valence-corrected chi connectivity index (χ0v) is 11.1. The summed E-state index contributed by atoms with van der Waals surface area (Å²) in [5.41, 5.74) is 0. The molecule has 0 aliphatic carbocycles. The van der Waals surface area contributed by atoms with Crippen molar-refractivity contribution in [2.75, 3.05) is 13.2 Å². The van der Waals surface area contributed by atoms with Crippen LogP contribution < -0.4 is 5.32 Å². The van der Waals surface area contributed by atoms with Crippen LogP contribution >= 0.6 is 22.9 Å². The first-order chi connectivity index (χ1) is 8.72. The Labute approximate surface area is 114 Å². The zero-order valence-electron chi connectivity index (χ0n) is 9.52. The topological polar surface area (TPSA) is 49.3 Å². The quantitative estimate of drug-likeness (QED) is 0.847. The summed E-state index contributed by atoms with van der Waals surface area (Å²) in [7, 11) is 0. The highest BCUT2D eigenvalue weighted by atomic mass is 35.5. The first-order valence-electron chi connectivity index (χ1n) is 5.46. The summed E-state index contributed by atoms with van der Waals surface area (Å²) in [6, 6.07) is 7.84. The molecule has 2 aromatic rings. The van der Waals surface area contributed by atoms with Gasteiger partial charge in [0.25, 0.3) is 0 Å². The molecule has 0 unspecified atom stereocenters. The number of benzene rings is 1. The van der Waals surface area contributed by atoms with Crippen molar-refractivity contribution in [2.45, 2.75) is 0 Å². The molecule has 0 spiro atoms. The molecule has 0 atom stereocenters. The molecule has 3 nitrogen and oxygen atoms in total. The summed E-state index contributed by atoms with van der Waals surface area (Å²) in [5.74, 6) is -0.238. The van der Waals surface area contributed by atoms with Crippen LogP contribution in [0.1, 0.15) is 4.88 Å². The smallest absolute Gasteiger partial charge is 0.244 e. The van der Waals surface area contributed by atoms with Crippen molar-refractivity contribution in [3.8, 4) is 0 Å². The van der Waals surface area contributed by atoms with E-state index in [0.29, 0.717) is 5.02 Å². The number of hydrogen-bond donors (Lipinski definition) is 2. The molecule has 1 aromatic carbocycles. The molecule has 0 bridgehead atoms. The number of rotatable bonds is 4. The lowest BCUT2D eigenvalue weighted by Gasteiger charge is -1.96. The van der Waals surface area contributed by atoms with Gasteiger partial charge in [0.05, 0.1) is 11.6 Å². The van der Waals surface area contributed by atoms with E-state index in [-0.39, 0.29) is 19.1 Å². The predicted molar refractivity (Wildman–Crippen MR) is 76.0 cm³/mol. The van der Waals surface area contributed by atoms with Crippen LogP contribution in [0.15, 0.2) is 30.3 Å². The monoisotopic (exact) mass is 281 g/mol. The summed E-state index contributed by atoms with van der Waals surface area (Å²) in [5, 5.41) is 12.8. The summed E-state index contributed by atoms with van der Waals surface area (Å²) in [4.78, 5) is 12.2. The van der Waals surface area contributed by atoms with Crippen molar-refractivity contribution >= 4 is 45.0 Å². The minimum absolute atomic E-state index is 0.0662. The molecule has 0 saturated heterocycles. The molecule has 0 fully saturated rings. The number of hydrogen-bond acceptors (Lipinski definition) is 3. The average molecular weight is 282 g/mol. The third-order valence-corrected chi connectivity index (χ3v) is 4.01. The highest BCUT2D eigenvalue weighted by Gasteiger charge is 2.07. The molecule has 1 heterocycles. The number of amides is 1. The van der Waals surface area contributed by atoms with E-state index in [1.54, 1.807) is 17.4 Å². The van der Waals surface area contributed by atoms with Crippen molar-refractivity contribution in [3.63, 3.8) is 0 Å². The van der Waals surface area contributed by atoms with Gasteiger partial charge in [-0.05, 0) is 12.1 Å². The predicted octanol–water partition coefficient (Wildman–Crippen LogP) is 2.68. The van der Waals surface area contributed by atoms with E-state index in [0.717, 1.165) is 15.0 Å². The summed E-state index contributed by atoms with van der Waals surface area (Å²) < 4.78 is 1.10. The molecule has 2 rings (SSSR count). The first kappa shape index (κ1) is 13.1. The number of carbonyl (C=O) groups is 1. The molecule has 0 aliphatic rings. The number of aliphatic hydroxyl groups excluding tert-OH is 1. The van der Waals surface area contributed by atoms with Crippen LogP contribution in [-0.4, -0.2) is 24.2 Å². The number of thiophene rings is 1. The zero-order chi connectivity index (χ0) is 13.0.